The van der Waals surface area contributed by atoms with Crippen molar-refractivity contribution in [3.05, 3.63) is 53.6 Å². The normalized spacial score (nSPS) is 12.1. The lowest BCUT2D eigenvalue weighted by molar-refractivity contribution is 0.376. The van der Waals surface area contributed by atoms with Crippen molar-refractivity contribution < 1.29 is 40.5 Å². The van der Waals surface area contributed by atoms with Crippen molar-refractivity contribution in [2.45, 2.75) is 16.3 Å². The van der Waals surface area contributed by atoms with Crippen LogP contribution in [0.2, 0.25) is 5.28 Å². The Morgan fingerprint density at radius 2 is 1.62 bits per heavy atom. The first-order valence-electron chi connectivity index (χ1n) is 10.8. The summed E-state index contributed by atoms with van der Waals surface area (Å²) in [6.07, 6.45) is 0. The number of ether oxygens (including phenoxy) is 2. The first-order valence-corrected chi connectivity index (χ1v) is 14.1. The van der Waals surface area contributed by atoms with Gasteiger partial charge in [-0.05, 0) is 53.4 Å². The van der Waals surface area contributed by atoms with Crippen LogP contribution in [-0.4, -0.2) is 60.2 Å². The molecule has 0 spiro atoms. The number of anilines is 1. The average molecular weight is 611 g/mol. The minimum atomic E-state index is -4.96. The van der Waals surface area contributed by atoms with Gasteiger partial charge in [0.05, 0.1) is 20.8 Å². The minimum Gasteiger partial charge on any atom is -0.505 e. The molecular formula is C22H19ClN6O9S2. The van der Waals surface area contributed by atoms with Crippen LogP contribution in [0, 0.1) is 0 Å². The predicted octanol–water partition coefficient (Wildman–Crippen LogP) is 3.92. The first kappa shape index (κ1) is 28.8. The quantitative estimate of drug-likeness (QED) is 0.156. The van der Waals surface area contributed by atoms with E-state index >= 15 is 0 Å². The van der Waals surface area contributed by atoms with Crippen molar-refractivity contribution in [2.24, 2.45) is 10.2 Å². The highest BCUT2D eigenvalue weighted by Gasteiger charge is 2.23. The highest BCUT2D eigenvalue weighted by Crippen LogP contribution is 2.42. The van der Waals surface area contributed by atoms with Crippen LogP contribution in [-0.2, 0) is 26.8 Å². The molecule has 0 bridgehead atoms. The second-order valence-electron chi connectivity index (χ2n) is 7.85. The highest BCUT2D eigenvalue weighted by molar-refractivity contribution is 7.86. The largest absolute Gasteiger partial charge is 0.505 e. The van der Waals surface area contributed by atoms with Crippen molar-refractivity contribution in [3.8, 4) is 17.5 Å². The number of fused-ring (bicyclic) bond motifs is 1. The van der Waals surface area contributed by atoms with E-state index in [9.17, 15) is 31.0 Å². The van der Waals surface area contributed by atoms with Crippen LogP contribution >= 0.6 is 11.6 Å². The summed E-state index contributed by atoms with van der Waals surface area (Å²) in [5.74, 6) is -0.339. The lowest BCUT2D eigenvalue weighted by Gasteiger charge is -2.11. The summed E-state index contributed by atoms with van der Waals surface area (Å²) >= 11 is 5.85. The van der Waals surface area contributed by atoms with Crippen LogP contribution in [0.25, 0.3) is 10.8 Å². The van der Waals surface area contributed by atoms with E-state index in [-0.39, 0.29) is 40.2 Å². The summed E-state index contributed by atoms with van der Waals surface area (Å²) in [7, 11) is -7.11. The maximum atomic E-state index is 12.2. The molecule has 1 heterocycles. The number of benzene rings is 3. The van der Waals surface area contributed by atoms with Crippen molar-refractivity contribution in [1.29, 1.82) is 0 Å². The van der Waals surface area contributed by atoms with E-state index in [2.05, 4.69) is 30.5 Å². The van der Waals surface area contributed by atoms with Gasteiger partial charge >= 0.3 is 6.01 Å². The lowest BCUT2D eigenvalue weighted by atomic mass is 10.1. The Hall–Kier alpha value is -4.16. The molecule has 0 aliphatic rings. The standard InChI is InChI=1S/C22H19ClN6O9S2/c1-37-13-4-6-15(16(9-13)39(31,32)33)28-29-19-17(40(34,35)36)8-11-7-12(3-5-14(11)20(19)30)24-10-18-25-21(23)27-22(26-18)38-2/h3-9,24,30H,10H2,1-2H3,(H,31,32,33)(H,34,35,36). The van der Waals surface area contributed by atoms with E-state index in [1.54, 1.807) is 6.07 Å². The van der Waals surface area contributed by atoms with Crippen molar-refractivity contribution in [2.75, 3.05) is 19.5 Å². The molecule has 40 heavy (non-hydrogen) atoms. The number of nitrogens with one attached hydrogen (secondary N) is 1. The van der Waals surface area contributed by atoms with Gasteiger partial charge in [-0.3, -0.25) is 9.11 Å². The SMILES string of the molecule is COc1ccc(N=Nc2c(S(=O)(=O)O)cc3cc(NCc4nc(Cl)nc(OC)n4)ccc3c2O)c(S(=O)(=O)O)c1. The van der Waals surface area contributed by atoms with Gasteiger partial charge in [0, 0.05) is 17.1 Å². The number of halogens is 1. The van der Waals surface area contributed by atoms with Gasteiger partial charge in [0.1, 0.15) is 26.9 Å². The zero-order valence-corrected chi connectivity index (χ0v) is 22.9. The highest BCUT2D eigenvalue weighted by atomic mass is 35.5. The molecule has 0 saturated carbocycles. The molecule has 18 heteroatoms. The van der Waals surface area contributed by atoms with Gasteiger partial charge in [0.2, 0.25) is 5.28 Å². The smallest absolute Gasteiger partial charge is 0.320 e. The molecule has 15 nitrogen and oxygen atoms in total. The Kier molecular flexibility index (Phi) is 8.03. The summed E-state index contributed by atoms with van der Waals surface area (Å²) in [6.45, 7) is 0.0749. The van der Waals surface area contributed by atoms with Gasteiger partial charge in [-0.15, -0.1) is 10.2 Å². The maximum Gasteiger partial charge on any atom is 0.320 e. The number of azo groups is 1. The molecule has 0 unspecified atom stereocenters. The predicted molar refractivity (Wildman–Crippen MR) is 141 cm³/mol. The molecule has 0 fully saturated rings. The number of rotatable bonds is 9. The topological polar surface area (TPSA) is 223 Å². The Balaban J connectivity index is 1.75. The molecule has 4 aromatic rings. The lowest BCUT2D eigenvalue weighted by Crippen LogP contribution is -2.07. The summed E-state index contributed by atoms with van der Waals surface area (Å²) < 4.78 is 77.3. The van der Waals surface area contributed by atoms with E-state index in [0.29, 0.717) is 5.69 Å². The molecule has 0 aliphatic heterocycles. The monoisotopic (exact) mass is 610 g/mol. The number of hydrogen-bond acceptors (Lipinski definition) is 13. The Labute approximate surface area is 232 Å². The maximum absolute atomic E-state index is 12.2. The molecular weight excluding hydrogens is 592 g/mol. The van der Waals surface area contributed by atoms with Crippen molar-refractivity contribution in [3.63, 3.8) is 0 Å². The third-order valence-electron chi connectivity index (χ3n) is 5.30. The Morgan fingerprint density at radius 3 is 2.27 bits per heavy atom. The zero-order chi connectivity index (χ0) is 29.2. The van der Waals surface area contributed by atoms with Gasteiger partial charge in [0.25, 0.3) is 20.2 Å². The van der Waals surface area contributed by atoms with E-state index in [1.807, 2.05) is 0 Å². The number of methoxy groups -OCH3 is 2. The molecule has 210 valence electrons. The molecule has 0 amide bonds. The molecule has 4 N–H and O–H groups in total. The number of aromatic hydroxyl groups is 1. The number of hydrogen-bond donors (Lipinski definition) is 4. The first-order chi connectivity index (χ1) is 18.8. The van der Waals surface area contributed by atoms with Crippen LogP contribution < -0.4 is 14.8 Å². The molecule has 1 aromatic heterocycles. The Bertz CT molecular complexity index is 1870. The summed E-state index contributed by atoms with van der Waals surface area (Å²) in [5, 5.41) is 21.5. The van der Waals surface area contributed by atoms with Crippen LogP contribution in [0.15, 0.2) is 62.5 Å². The fourth-order valence-electron chi connectivity index (χ4n) is 3.49. The van der Waals surface area contributed by atoms with Gasteiger partial charge < -0.3 is 19.9 Å². The van der Waals surface area contributed by atoms with Crippen LogP contribution in [0.4, 0.5) is 17.1 Å². The molecule has 0 saturated heterocycles. The summed E-state index contributed by atoms with van der Waals surface area (Å²) in [4.78, 5) is 10.3. The molecule has 3 aromatic carbocycles. The van der Waals surface area contributed by atoms with Crippen molar-refractivity contribution in [1.82, 2.24) is 15.0 Å². The molecule has 4 rings (SSSR count). The van der Waals surface area contributed by atoms with Crippen LogP contribution in [0.3, 0.4) is 0 Å². The van der Waals surface area contributed by atoms with Crippen molar-refractivity contribution >= 4 is 59.7 Å². The van der Waals surface area contributed by atoms with E-state index in [0.717, 1.165) is 18.2 Å². The van der Waals surface area contributed by atoms with Crippen LogP contribution in [0.1, 0.15) is 5.82 Å². The van der Waals surface area contributed by atoms with E-state index < -0.39 is 47.2 Å². The second kappa shape index (κ2) is 11.1. The number of nitrogens with zero attached hydrogens (tertiary/aromatic N) is 5. The third-order valence-corrected chi connectivity index (χ3v) is 7.22. The van der Waals surface area contributed by atoms with Gasteiger partial charge in [-0.2, -0.15) is 26.8 Å². The average Bonchev–Trinajstić information content (AvgIpc) is 2.89. The number of phenolic OH excluding ortho intramolecular Hbond substituents is 1. The fraction of sp³-hybridized carbons (Fsp3) is 0.136. The number of phenols is 1. The van der Waals surface area contributed by atoms with Crippen LogP contribution in [0.5, 0.6) is 17.5 Å². The minimum absolute atomic E-state index is 0.0121. The summed E-state index contributed by atoms with van der Waals surface area (Å²) in [6, 6.07) is 8.97. The van der Waals surface area contributed by atoms with Gasteiger partial charge in [-0.1, -0.05) is 0 Å². The van der Waals surface area contributed by atoms with E-state index in [1.165, 1.54) is 32.4 Å². The Morgan fingerprint density at radius 1 is 0.900 bits per heavy atom. The molecule has 0 atom stereocenters. The van der Waals surface area contributed by atoms with Gasteiger partial charge in [0.15, 0.2) is 11.6 Å². The molecule has 0 radical (unpaired) electrons. The van der Waals surface area contributed by atoms with Gasteiger partial charge in [-0.25, -0.2) is 4.98 Å². The third kappa shape index (κ3) is 6.35. The van der Waals surface area contributed by atoms with E-state index in [4.69, 9.17) is 21.1 Å². The second-order valence-corrected chi connectivity index (χ2v) is 11.0. The molecule has 0 aliphatic carbocycles. The number of aromatic nitrogens is 3. The summed E-state index contributed by atoms with van der Waals surface area (Å²) in [5.41, 5.74) is -0.604. The zero-order valence-electron chi connectivity index (χ0n) is 20.5. The fourth-order valence-corrected chi connectivity index (χ4v) is 4.96.